The van der Waals surface area contributed by atoms with Gasteiger partial charge in [-0.15, -0.1) is 0 Å². The molecule has 4 saturated carbocycles. The molecule has 294 valence electrons. The molecule has 54 heavy (non-hydrogen) atoms. The van der Waals surface area contributed by atoms with Gasteiger partial charge in [0, 0.05) is 18.3 Å². The van der Waals surface area contributed by atoms with Crippen LogP contribution in [0.4, 0.5) is 0 Å². The fourth-order valence-electron chi connectivity index (χ4n) is 14.4. The first-order chi connectivity index (χ1) is 25.5. The molecule has 0 spiro atoms. The zero-order chi connectivity index (χ0) is 38.9. The highest BCUT2D eigenvalue weighted by Gasteiger charge is 2.70. The molecule has 0 bridgehead atoms. The van der Waals surface area contributed by atoms with E-state index < -0.39 is 17.4 Å². The van der Waals surface area contributed by atoms with Crippen LogP contribution in [-0.2, 0) is 9.59 Å². The molecule has 6 aliphatic carbocycles. The third kappa shape index (κ3) is 5.79. The van der Waals surface area contributed by atoms with Crippen molar-refractivity contribution in [1.29, 1.82) is 5.26 Å². The van der Waals surface area contributed by atoms with Crippen molar-refractivity contribution < 1.29 is 24.5 Å². The van der Waals surface area contributed by atoms with Gasteiger partial charge in [-0.1, -0.05) is 67.0 Å². The maximum atomic E-state index is 12.7. The highest BCUT2D eigenvalue weighted by molar-refractivity contribution is 5.75. The number of rotatable bonds is 10. The summed E-state index contributed by atoms with van der Waals surface area (Å²) in [5.41, 5.74) is 2.71. The number of nitrogens with one attached hydrogen (secondary N) is 1. The van der Waals surface area contributed by atoms with Gasteiger partial charge in [0.25, 0.3) is 0 Å². The third-order valence-electron chi connectivity index (χ3n) is 17.6. The average molecular weight is 740 g/mol. The lowest BCUT2D eigenvalue weighted by Crippen LogP contribution is -2.68. The summed E-state index contributed by atoms with van der Waals surface area (Å²) in [6.07, 6.45) is 20.0. The molecule has 1 unspecified atom stereocenters. The number of ether oxygens (including phenoxy) is 1. The smallest absolute Gasteiger partial charge is 0.313 e. The number of aromatic nitrogens is 1. The highest BCUT2D eigenvalue weighted by Crippen LogP contribution is 2.76. The van der Waals surface area contributed by atoms with Crippen molar-refractivity contribution in [2.45, 2.75) is 137 Å². The van der Waals surface area contributed by atoms with Crippen molar-refractivity contribution in [1.82, 2.24) is 10.3 Å². The van der Waals surface area contributed by atoms with Crippen LogP contribution < -0.4 is 10.1 Å². The summed E-state index contributed by atoms with van der Waals surface area (Å²) in [5.74, 6) is 1.41. The third-order valence-corrected chi connectivity index (χ3v) is 17.6. The molecule has 0 radical (unpaired) electrons. The van der Waals surface area contributed by atoms with Gasteiger partial charge in [0.15, 0.2) is 0 Å². The zero-order valence-electron chi connectivity index (χ0n) is 34.0. The molecule has 0 amide bonds. The zero-order valence-corrected chi connectivity index (χ0v) is 34.0. The molecule has 11 atom stereocenters. The van der Waals surface area contributed by atoms with Gasteiger partial charge in [-0.3, -0.25) is 9.59 Å². The van der Waals surface area contributed by atoms with E-state index in [1.54, 1.807) is 18.3 Å². The molecule has 6 aliphatic rings. The minimum atomic E-state index is -1.06. The number of nitriles is 1. The van der Waals surface area contributed by atoms with Crippen molar-refractivity contribution in [2.75, 3.05) is 13.2 Å². The van der Waals surface area contributed by atoms with Crippen LogP contribution in [0.3, 0.4) is 0 Å². The number of carboxylic acid groups (broad SMARTS) is 2. The van der Waals surface area contributed by atoms with E-state index >= 15 is 0 Å². The second-order valence-electron chi connectivity index (χ2n) is 20.0. The van der Waals surface area contributed by atoms with Crippen LogP contribution in [0.1, 0.15) is 138 Å². The Bertz CT molecular complexity index is 1760. The van der Waals surface area contributed by atoms with Gasteiger partial charge < -0.3 is 20.3 Å². The predicted molar refractivity (Wildman–Crippen MR) is 209 cm³/mol. The first kappa shape index (κ1) is 39.1. The second kappa shape index (κ2) is 13.8. The van der Waals surface area contributed by atoms with E-state index in [2.05, 4.69) is 70.1 Å². The monoisotopic (exact) mass is 739 g/mol. The van der Waals surface area contributed by atoms with Crippen LogP contribution in [0.15, 0.2) is 41.6 Å². The number of carbonyl (C=O) groups is 2. The van der Waals surface area contributed by atoms with E-state index in [0.29, 0.717) is 61.0 Å². The number of hydrogen-bond acceptors (Lipinski definition) is 6. The quantitative estimate of drug-likeness (QED) is 0.216. The average Bonchev–Trinajstić information content (AvgIpc) is 3.52. The highest BCUT2D eigenvalue weighted by atomic mass is 16.5. The molecule has 1 aromatic heterocycles. The minimum Gasteiger partial charge on any atom is -0.481 e. The van der Waals surface area contributed by atoms with Gasteiger partial charge in [-0.2, -0.15) is 5.26 Å². The lowest BCUT2D eigenvalue weighted by atomic mass is 9.33. The number of aliphatic carboxylic acids is 2. The first-order valence-electron chi connectivity index (χ1n) is 21.1. The molecular weight excluding hydrogens is 675 g/mol. The number of hydrogen-bond donors (Lipinski definition) is 3. The fourth-order valence-corrected chi connectivity index (χ4v) is 14.4. The lowest BCUT2D eigenvalue weighted by Gasteiger charge is -2.72. The maximum Gasteiger partial charge on any atom is 0.313 e. The van der Waals surface area contributed by atoms with Gasteiger partial charge in [0.2, 0.25) is 5.88 Å². The van der Waals surface area contributed by atoms with Gasteiger partial charge >= 0.3 is 11.9 Å². The number of pyridine rings is 1. The largest absolute Gasteiger partial charge is 0.481 e. The molecule has 4 fully saturated rings. The van der Waals surface area contributed by atoms with E-state index in [0.717, 1.165) is 12.8 Å². The van der Waals surface area contributed by atoms with Crippen LogP contribution in [0.2, 0.25) is 0 Å². The maximum absolute atomic E-state index is 12.7. The Kier molecular flexibility index (Phi) is 9.97. The summed E-state index contributed by atoms with van der Waals surface area (Å²) < 4.78 is 5.93. The molecule has 8 nitrogen and oxygen atoms in total. The topological polar surface area (TPSA) is 133 Å². The Balaban J connectivity index is 1.13. The fraction of sp³-hybridized carbons (Fsp3) is 0.739. The molecule has 0 aliphatic heterocycles. The predicted octanol–water partition coefficient (Wildman–Crippen LogP) is 9.60. The summed E-state index contributed by atoms with van der Waals surface area (Å²) in [4.78, 5) is 28.8. The number of carboxylic acids is 2. The Morgan fingerprint density at radius 2 is 1.76 bits per heavy atom. The SMILES string of the molecule is CC[C@@H]1CC[C@]2(NCC(C)C(=O)O)CC[C@]3(C)[C@H](CC[C@@H]4[C@@]5(C)CC=C(C6=CC[C@](COc7ncccc7C#N)(C(=O)O)CC6)C(C)(C)[C@@H]5CC[C@]43C)[C@@H]12. The number of allylic oxidation sites excluding steroid dienone is 4. The Hall–Kier alpha value is -3.18. The summed E-state index contributed by atoms with van der Waals surface area (Å²) in [6, 6.07) is 5.42. The molecule has 0 aromatic carbocycles. The van der Waals surface area contributed by atoms with E-state index in [1.165, 1.54) is 62.5 Å². The van der Waals surface area contributed by atoms with Crippen molar-refractivity contribution in [3.8, 4) is 11.9 Å². The Morgan fingerprint density at radius 1 is 0.981 bits per heavy atom. The van der Waals surface area contributed by atoms with Crippen molar-refractivity contribution in [2.24, 2.45) is 62.6 Å². The van der Waals surface area contributed by atoms with Crippen LogP contribution >= 0.6 is 0 Å². The van der Waals surface area contributed by atoms with E-state index in [9.17, 15) is 25.1 Å². The van der Waals surface area contributed by atoms with Crippen molar-refractivity contribution in [3.63, 3.8) is 0 Å². The summed E-state index contributed by atoms with van der Waals surface area (Å²) >= 11 is 0. The summed E-state index contributed by atoms with van der Waals surface area (Å²) in [6.45, 7) is 17.7. The molecule has 1 aromatic rings. The molecule has 0 saturated heterocycles. The van der Waals surface area contributed by atoms with Crippen LogP contribution in [0, 0.1) is 73.9 Å². The molecule has 7 rings (SSSR count). The van der Waals surface area contributed by atoms with Crippen molar-refractivity contribution >= 4 is 11.9 Å². The summed E-state index contributed by atoms with van der Waals surface area (Å²) in [5, 5.41) is 33.6. The second-order valence-corrected chi connectivity index (χ2v) is 20.0. The van der Waals surface area contributed by atoms with Gasteiger partial charge in [0.05, 0.1) is 5.92 Å². The molecule has 8 heteroatoms. The molecule has 3 N–H and O–H groups in total. The standard InChI is InChI=1S/C46H65N3O5/c1-8-30-15-22-46(49-27-29(2)39(50)51)24-23-43(6)34(37(30)46)11-12-36-42(5)18-16-33(41(3,4)35(42)17-19-44(36,43)7)31-13-20-45(21-14-31,40(52)53)28-54-38-32(26-47)10-9-25-48-38/h9-10,13,16,25,29-30,34-37,49H,8,11-12,14-15,17-24,27-28H2,1-7H3,(H,50,51)(H,52,53)/t29?,30-,34-,35+,36-,37-,42+,43-,44-,45+,46+/m1/s1. The van der Waals surface area contributed by atoms with Crippen LogP contribution in [0.5, 0.6) is 5.88 Å². The van der Waals surface area contributed by atoms with Crippen molar-refractivity contribution in [3.05, 3.63) is 47.2 Å². The van der Waals surface area contributed by atoms with E-state index in [-0.39, 0.29) is 45.6 Å². The normalized spacial score (nSPS) is 41.4. The number of fused-ring (bicyclic) bond motifs is 7. The molecular formula is C46H65N3O5. The first-order valence-corrected chi connectivity index (χ1v) is 21.1. The Morgan fingerprint density at radius 3 is 2.43 bits per heavy atom. The molecule has 1 heterocycles. The number of nitrogens with zero attached hydrogens (tertiary/aromatic N) is 2. The van der Waals surface area contributed by atoms with Gasteiger partial charge in [-0.25, -0.2) is 4.98 Å². The van der Waals surface area contributed by atoms with E-state index in [1.807, 2.05) is 6.92 Å². The van der Waals surface area contributed by atoms with Crippen LogP contribution in [-0.4, -0.2) is 45.8 Å². The summed E-state index contributed by atoms with van der Waals surface area (Å²) in [7, 11) is 0. The van der Waals surface area contributed by atoms with E-state index in [4.69, 9.17) is 4.74 Å². The Labute approximate surface area is 323 Å². The van der Waals surface area contributed by atoms with Crippen LogP contribution in [0.25, 0.3) is 0 Å². The van der Waals surface area contributed by atoms with Gasteiger partial charge in [0.1, 0.15) is 23.7 Å². The lowest BCUT2D eigenvalue weighted by molar-refractivity contribution is -0.222. The van der Waals surface area contributed by atoms with Gasteiger partial charge in [-0.05, 0) is 152 Å². The minimum absolute atomic E-state index is 0.0144.